The van der Waals surface area contributed by atoms with E-state index in [1.165, 1.54) is 24.4 Å². The van der Waals surface area contributed by atoms with Gasteiger partial charge >= 0.3 is 5.97 Å². The van der Waals surface area contributed by atoms with E-state index in [9.17, 15) is 14.3 Å². The Morgan fingerprint density at radius 2 is 2.07 bits per heavy atom. The SMILES string of the molecule is CCN1c2cc(F)c(C=Nc3ccc(O)c(C(=O)O)c3)cc2C(C)CC1(C)C. The molecule has 2 N–H and O–H groups in total. The molecule has 5 nitrogen and oxygen atoms in total. The van der Waals surface area contributed by atoms with Crippen molar-refractivity contribution in [3.8, 4) is 5.75 Å². The van der Waals surface area contributed by atoms with Crippen LogP contribution in [-0.2, 0) is 0 Å². The smallest absolute Gasteiger partial charge is 0.339 e. The number of hydrogen-bond donors (Lipinski definition) is 2. The average molecular weight is 384 g/mol. The van der Waals surface area contributed by atoms with Crippen molar-refractivity contribution in [3.63, 3.8) is 0 Å². The fourth-order valence-electron chi connectivity index (χ4n) is 4.14. The molecule has 0 amide bonds. The van der Waals surface area contributed by atoms with Crippen LogP contribution in [0.4, 0.5) is 15.8 Å². The average Bonchev–Trinajstić information content (AvgIpc) is 2.60. The molecule has 0 saturated carbocycles. The Morgan fingerprint density at radius 3 is 2.71 bits per heavy atom. The second kappa shape index (κ2) is 7.26. The largest absolute Gasteiger partial charge is 0.507 e. The molecule has 0 aromatic heterocycles. The van der Waals surface area contributed by atoms with Crippen LogP contribution in [0.15, 0.2) is 35.3 Å². The van der Waals surface area contributed by atoms with Gasteiger partial charge in [0.15, 0.2) is 0 Å². The number of aromatic carboxylic acids is 1. The molecule has 6 heteroatoms. The minimum atomic E-state index is -1.24. The van der Waals surface area contributed by atoms with E-state index in [0.29, 0.717) is 11.3 Å². The van der Waals surface area contributed by atoms with Crippen LogP contribution in [0.5, 0.6) is 5.75 Å². The van der Waals surface area contributed by atoms with E-state index in [2.05, 4.69) is 37.6 Å². The first-order chi connectivity index (χ1) is 13.1. The van der Waals surface area contributed by atoms with Gasteiger partial charge in [-0.3, -0.25) is 4.99 Å². The summed E-state index contributed by atoms with van der Waals surface area (Å²) in [4.78, 5) is 17.6. The van der Waals surface area contributed by atoms with Crippen LogP contribution in [-0.4, -0.2) is 34.5 Å². The number of fused-ring (bicyclic) bond motifs is 1. The van der Waals surface area contributed by atoms with Gasteiger partial charge in [0.1, 0.15) is 17.1 Å². The normalized spacial score (nSPS) is 18.3. The van der Waals surface area contributed by atoms with Gasteiger partial charge in [0, 0.05) is 29.5 Å². The Bertz CT molecular complexity index is 953. The van der Waals surface area contributed by atoms with Crippen LogP contribution in [0.25, 0.3) is 0 Å². The highest BCUT2D eigenvalue weighted by molar-refractivity contribution is 5.92. The van der Waals surface area contributed by atoms with E-state index in [4.69, 9.17) is 5.11 Å². The fourth-order valence-corrected chi connectivity index (χ4v) is 4.14. The summed E-state index contributed by atoms with van der Waals surface area (Å²) in [5, 5.41) is 18.7. The predicted octanol–water partition coefficient (Wildman–Crippen LogP) is 5.09. The third kappa shape index (κ3) is 3.59. The van der Waals surface area contributed by atoms with Crippen LogP contribution in [0.2, 0.25) is 0 Å². The molecular weight excluding hydrogens is 359 g/mol. The molecule has 2 aromatic carbocycles. The number of benzene rings is 2. The maximum Gasteiger partial charge on any atom is 0.339 e. The fraction of sp³-hybridized carbons (Fsp3) is 0.364. The summed E-state index contributed by atoms with van der Waals surface area (Å²) in [7, 11) is 0. The van der Waals surface area contributed by atoms with Crippen LogP contribution >= 0.6 is 0 Å². The molecule has 28 heavy (non-hydrogen) atoms. The zero-order chi connectivity index (χ0) is 20.6. The minimum Gasteiger partial charge on any atom is -0.507 e. The third-order valence-electron chi connectivity index (χ3n) is 5.38. The summed E-state index contributed by atoms with van der Waals surface area (Å²) in [6.07, 6.45) is 2.37. The van der Waals surface area contributed by atoms with E-state index in [1.54, 1.807) is 6.07 Å². The zero-order valence-electron chi connectivity index (χ0n) is 16.5. The number of carbonyl (C=O) groups is 1. The summed E-state index contributed by atoms with van der Waals surface area (Å²) < 4.78 is 14.8. The molecule has 1 atom stereocenters. The number of phenols is 1. The van der Waals surface area contributed by atoms with E-state index in [-0.39, 0.29) is 28.6 Å². The topological polar surface area (TPSA) is 73.1 Å². The maximum atomic E-state index is 14.8. The van der Waals surface area contributed by atoms with E-state index < -0.39 is 5.97 Å². The number of aromatic hydroxyl groups is 1. The van der Waals surface area contributed by atoms with Gasteiger partial charge in [-0.1, -0.05) is 6.92 Å². The van der Waals surface area contributed by atoms with E-state index in [0.717, 1.165) is 24.2 Å². The number of nitrogens with zero attached hydrogens (tertiary/aromatic N) is 2. The molecule has 0 aliphatic carbocycles. The number of carboxylic acids is 1. The van der Waals surface area contributed by atoms with E-state index >= 15 is 0 Å². The van der Waals surface area contributed by atoms with Gasteiger partial charge in [-0.2, -0.15) is 0 Å². The summed E-state index contributed by atoms with van der Waals surface area (Å²) >= 11 is 0. The second-order valence-electron chi connectivity index (χ2n) is 7.86. The van der Waals surface area contributed by atoms with Crippen molar-refractivity contribution in [2.24, 2.45) is 4.99 Å². The highest BCUT2D eigenvalue weighted by Gasteiger charge is 2.36. The molecule has 1 aliphatic heterocycles. The second-order valence-corrected chi connectivity index (χ2v) is 7.86. The number of rotatable bonds is 4. The maximum absolute atomic E-state index is 14.8. The highest BCUT2D eigenvalue weighted by Crippen LogP contribution is 2.43. The van der Waals surface area contributed by atoms with Gasteiger partial charge in [0.25, 0.3) is 0 Å². The van der Waals surface area contributed by atoms with Gasteiger partial charge in [-0.25, -0.2) is 9.18 Å². The lowest BCUT2D eigenvalue weighted by Crippen LogP contribution is -2.48. The lowest BCUT2D eigenvalue weighted by Gasteiger charge is -2.47. The Hall–Kier alpha value is -2.89. The molecule has 0 bridgehead atoms. The van der Waals surface area contributed by atoms with Gasteiger partial charge in [0.05, 0.1) is 5.69 Å². The molecular formula is C22H25FN2O3. The minimum absolute atomic E-state index is 0.0392. The Kier molecular flexibility index (Phi) is 5.15. The molecule has 1 unspecified atom stereocenters. The van der Waals surface area contributed by atoms with Crippen molar-refractivity contribution < 1.29 is 19.4 Å². The van der Waals surface area contributed by atoms with Crippen LogP contribution in [0.1, 0.15) is 61.5 Å². The molecule has 1 heterocycles. The molecule has 148 valence electrons. The quantitative estimate of drug-likeness (QED) is 0.720. The predicted molar refractivity (Wildman–Crippen MR) is 109 cm³/mol. The summed E-state index contributed by atoms with van der Waals surface area (Å²) in [5.41, 5.74) is 2.40. The van der Waals surface area contributed by atoms with E-state index in [1.807, 2.05) is 6.07 Å². The van der Waals surface area contributed by atoms with Gasteiger partial charge in [-0.15, -0.1) is 0 Å². The Balaban J connectivity index is 1.99. The van der Waals surface area contributed by atoms with Crippen molar-refractivity contribution >= 4 is 23.6 Å². The van der Waals surface area contributed by atoms with Gasteiger partial charge in [0.2, 0.25) is 0 Å². The van der Waals surface area contributed by atoms with Crippen molar-refractivity contribution in [3.05, 3.63) is 52.8 Å². The van der Waals surface area contributed by atoms with Crippen molar-refractivity contribution in [1.29, 1.82) is 0 Å². The number of halogens is 1. The first-order valence-corrected chi connectivity index (χ1v) is 9.35. The lowest BCUT2D eigenvalue weighted by molar-refractivity contribution is 0.0693. The van der Waals surface area contributed by atoms with Crippen LogP contribution < -0.4 is 4.90 Å². The number of aliphatic imine (C=N–C) groups is 1. The van der Waals surface area contributed by atoms with Crippen molar-refractivity contribution in [1.82, 2.24) is 0 Å². The zero-order valence-corrected chi connectivity index (χ0v) is 16.5. The standard InChI is InChI=1S/C22H25FN2O3/c1-5-25-19-10-18(23)14(8-16(19)13(2)11-22(25,3)4)12-24-15-6-7-20(26)17(9-15)21(27)28/h6-10,12-13,26H,5,11H2,1-4H3,(H,27,28). The molecule has 0 spiro atoms. The Labute approximate surface area is 164 Å². The molecule has 0 radical (unpaired) electrons. The molecule has 1 aliphatic rings. The molecule has 0 saturated heterocycles. The molecule has 0 fully saturated rings. The van der Waals surface area contributed by atoms with Crippen molar-refractivity contribution in [2.75, 3.05) is 11.4 Å². The highest BCUT2D eigenvalue weighted by atomic mass is 19.1. The Morgan fingerprint density at radius 1 is 1.36 bits per heavy atom. The monoisotopic (exact) mass is 384 g/mol. The first kappa shape index (κ1) is 19.9. The number of carboxylic acid groups (broad SMARTS) is 1. The summed E-state index contributed by atoms with van der Waals surface area (Å²) in [6, 6.07) is 7.40. The number of anilines is 1. The first-order valence-electron chi connectivity index (χ1n) is 9.35. The van der Waals surface area contributed by atoms with Crippen molar-refractivity contribution in [2.45, 2.75) is 45.6 Å². The molecule has 2 aromatic rings. The van der Waals surface area contributed by atoms with Gasteiger partial charge < -0.3 is 15.1 Å². The molecule has 3 rings (SSSR count). The van der Waals surface area contributed by atoms with Crippen LogP contribution in [0.3, 0.4) is 0 Å². The van der Waals surface area contributed by atoms with Gasteiger partial charge in [-0.05, 0) is 69.0 Å². The third-order valence-corrected chi connectivity index (χ3v) is 5.38. The lowest BCUT2D eigenvalue weighted by atomic mass is 9.79. The van der Waals surface area contributed by atoms with Crippen LogP contribution in [0, 0.1) is 5.82 Å². The number of hydrogen-bond acceptors (Lipinski definition) is 4. The summed E-state index contributed by atoms with van der Waals surface area (Å²) in [6.45, 7) is 9.36. The summed E-state index contributed by atoms with van der Waals surface area (Å²) in [5.74, 6) is -1.66.